The highest BCUT2D eigenvalue weighted by molar-refractivity contribution is 7.94. The van der Waals surface area contributed by atoms with Crippen LogP contribution >= 0.6 is 12.0 Å². The van der Waals surface area contributed by atoms with Crippen molar-refractivity contribution in [3.63, 3.8) is 0 Å². The molecule has 8 heteroatoms. The van der Waals surface area contributed by atoms with E-state index < -0.39 is 17.9 Å². The van der Waals surface area contributed by atoms with Crippen molar-refractivity contribution >= 4 is 29.7 Å². The highest BCUT2D eigenvalue weighted by Gasteiger charge is 2.21. The van der Waals surface area contributed by atoms with E-state index in [4.69, 9.17) is 4.18 Å². The molecule has 3 aromatic carbocycles. The zero-order valence-electron chi connectivity index (χ0n) is 21.8. The Balaban J connectivity index is 1.47. The number of carbonyl (C=O) groups excluding carboxylic acids is 2. The average molecular weight is 535 g/mol. The van der Waals surface area contributed by atoms with Gasteiger partial charge in [0, 0.05) is 24.8 Å². The minimum Gasteiger partial charge on any atom is -0.480 e. The normalized spacial score (nSPS) is 11.7. The number of carboxylic acids is 1. The van der Waals surface area contributed by atoms with Gasteiger partial charge < -0.3 is 14.6 Å². The van der Waals surface area contributed by atoms with E-state index in [1.54, 1.807) is 36.4 Å². The van der Waals surface area contributed by atoms with Crippen LogP contribution in [0, 0.1) is 0 Å². The van der Waals surface area contributed by atoms with Gasteiger partial charge >= 0.3 is 5.97 Å². The first-order valence-electron chi connectivity index (χ1n) is 12.7. The maximum atomic E-state index is 12.6. The molecule has 0 heterocycles. The van der Waals surface area contributed by atoms with Crippen LogP contribution in [0.5, 0.6) is 5.75 Å². The first-order chi connectivity index (χ1) is 18.4. The fraction of sp³-hybridized carbons (Fsp3) is 0.300. The number of ketones is 1. The number of aliphatic carboxylic acids is 1. The van der Waals surface area contributed by atoms with Gasteiger partial charge in [-0.1, -0.05) is 80.6 Å². The molecule has 0 aliphatic rings. The van der Waals surface area contributed by atoms with E-state index in [0.29, 0.717) is 11.3 Å². The zero-order chi connectivity index (χ0) is 27.3. The van der Waals surface area contributed by atoms with Crippen molar-refractivity contribution in [1.29, 1.82) is 0 Å². The molecule has 0 bridgehead atoms. The molecule has 0 saturated carbocycles. The molecule has 3 rings (SSSR count). The monoisotopic (exact) mass is 534 g/mol. The van der Waals surface area contributed by atoms with Gasteiger partial charge in [-0.2, -0.15) is 0 Å². The highest BCUT2D eigenvalue weighted by atomic mass is 32.2. The Morgan fingerprint density at radius 2 is 1.50 bits per heavy atom. The molecule has 0 aliphatic heterocycles. The minimum absolute atomic E-state index is 0.0000492. The number of nitrogens with one attached hydrogen (secondary N) is 1. The topological polar surface area (TPSA) is 95.9 Å². The maximum Gasteiger partial charge on any atom is 0.326 e. The highest BCUT2D eigenvalue weighted by Crippen LogP contribution is 2.21. The summed E-state index contributed by atoms with van der Waals surface area (Å²) in [5.41, 5.74) is 3.34. The van der Waals surface area contributed by atoms with E-state index in [9.17, 15) is 19.5 Å². The number of hydrogen-bond acceptors (Lipinski definition) is 6. The van der Waals surface area contributed by atoms with Crippen molar-refractivity contribution < 1.29 is 23.7 Å². The predicted octanol–water partition coefficient (Wildman–Crippen LogP) is 5.45. The van der Waals surface area contributed by atoms with Crippen molar-refractivity contribution in [2.75, 3.05) is 19.0 Å². The maximum absolute atomic E-state index is 12.6. The van der Waals surface area contributed by atoms with E-state index in [1.807, 2.05) is 42.5 Å². The van der Waals surface area contributed by atoms with Gasteiger partial charge in [-0.15, -0.1) is 0 Å². The number of Topliss-reactive ketones (excluding diaryl/α,β-unsaturated/α-hetero) is 1. The summed E-state index contributed by atoms with van der Waals surface area (Å²) in [5.74, 6) is -0.336. The molecule has 2 N–H and O–H groups in total. The summed E-state index contributed by atoms with van der Waals surface area (Å²) in [6, 6.07) is 23.2. The SMILES string of the molecule is CCN(CC)CSOc1ccc(CC(NC(=O)CCC(=O)c2ccc(-c3ccccc3)cc2)C(=O)O)cc1. The van der Waals surface area contributed by atoms with Gasteiger partial charge in [-0.05, 0) is 41.9 Å². The quantitative estimate of drug-likeness (QED) is 0.152. The third kappa shape index (κ3) is 9.04. The van der Waals surface area contributed by atoms with Gasteiger partial charge in [-0.25, -0.2) is 4.79 Å². The van der Waals surface area contributed by atoms with Crippen LogP contribution in [0.1, 0.15) is 42.6 Å². The van der Waals surface area contributed by atoms with Gasteiger partial charge in [0.25, 0.3) is 0 Å². The molecule has 1 atom stereocenters. The number of hydrogen-bond donors (Lipinski definition) is 2. The number of rotatable bonds is 15. The lowest BCUT2D eigenvalue weighted by molar-refractivity contribution is -0.141. The first-order valence-corrected chi connectivity index (χ1v) is 13.6. The van der Waals surface area contributed by atoms with Crippen molar-refractivity contribution in [3.05, 3.63) is 90.0 Å². The van der Waals surface area contributed by atoms with Crippen molar-refractivity contribution in [2.45, 2.75) is 39.2 Å². The summed E-state index contributed by atoms with van der Waals surface area (Å²) in [4.78, 5) is 39.0. The third-order valence-electron chi connectivity index (χ3n) is 6.17. The van der Waals surface area contributed by atoms with Crippen molar-refractivity contribution in [3.8, 4) is 16.9 Å². The van der Waals surface area contributed by atoms with Crippen molar-refractivity contribution in [2.24, 2.45) is 0 Å². The lowest BCUT2D eigenvalue weighted by Gasteiger charge is -2.17. The molecule has 0 spiro atoms. The van der Waals surface area contributed by atoms with Crippen LogP contribution in [0.2, 0.25) is 0 Å². The number of nitrogens with zero attached hydrogens (tertiary/aromatic N) is 1. The predicted molar refractivity (Wildman–Crippen MR) is 151 cm³/mol. The number of carbonyl (C=O) groups is 3. The molecule has 38 heavy (non-hydrogen) atoms. The molecular formula is C30H34N2O5S. The Labute approximate surface area is 228 Å². The molecule has 0 aliphatic carbocycles. The van der Waals surface area contributed by atoms with Crippen molar-refractivity contribution in [1.82, 2.24) is 10.2 Å². The Bertz CT molecular complexity index is 1180. The molecule has 0 aromatic heterocycles. The summed E-state index contributed by atoms with van der Waals surface area (Å²) in [5, 5.41) is 12.2. The molecule has 1 amide bonds. The van der Waals surface area contributed by atoms with E-state index in [0.717, 1.165) is 35.7 Å². The Kier molecular flexibility index (Phi) is 11.4. The second kappa shape index (κ2) is 15.0. The van der Waals surface area contributed by atoms with Crippen LogP contribution in [0.4, 0.5) is 0 Å². The van der Waals surface area contributed by atoms with Gasteiger partial charge in [0.05, 0.1) is 17.9 Å². The first kappa shape index (κ1) is 28.9. The molecular weight excluding hydrogens is 500 g/mol. The van der Waals surface area contributed by atoms with Gasteiger partial charge in [0.15, 0.2) is 5.78 Å². The molecule has 0 saturated heterocycles. The Morgan fingerprint density at radius 3 is 2.11 bits per heavy atom. The van der Waals surface area contributed by atoms with E-state index >= 15 is 0 Å². The molecule has 200 valence electrons. The second-order valence-electron chi connectivity index (χ2n) is 8.81. The summed E-state index contributed by atoms with van der Waals surface area (Å²) in [6.45, 7) is 6.09. The van der Waals surface area contributed by atoms with Gasteiger partial charge in [-0.3, -0.25) is 14.5 Å². The fourth-order valence-electron chi connectivity index (χ4n) is 3.81. The van der Waals surface area contributed by atoms with Crippen LogP contribution in [0.15, 0.2) is 78.9 Å². The standard InChI is InChI=1S/C30H34N2O5S/c1-3-32(4-2)21-38-37-26-16-10-22(11-17-26)20-27(30(35)36)31-29(34)19-18-28(33)25-14-12-24(13-15-25)23-8-6-5-7-9-23/h5-17,27H,3-4,18-21H2,1-2H3,(H,31,34)(H,35,36). The largest absolute Gasteiger partial charge is 0.480 e. The lowest BCUT2D eigenvalue weighted by atomic mass is 10.0. The molecule has 0 radical (unpaired) electrons. The number of benzene rings is 3. The van der Waals surface area contributed by atoms with Gasteiger partial charge in [0.2, 0.25) is 5.91 Å². The van der Waals surface area contributed by atoms with Crippen LogP contribution in [-0.4, -0.2) is 52.7 Å². The van der Waals surface area contributed by atoms with Crippen LogP contribution in [-0.2, 0) is 16.0 Å². The minimum atomic E-state index is -1.13. The summed E-state index contributed by atoms with van der Waals surface area (Å²) >= 11 is 1.35. The molecule has 7 nitrogen and oxygen atoms in total. The van der Waals surface area contributed by atoms with E-state index in [1.165, 1.54) is 12.0 Å². The summed E-state index contributed by atoms with van der Waals surface area (Å²) in [7, 11) is 0. The van der Waals surface area contributed by atoms with Gasteiger partial charge in [0.1, 0.15) is 11.8 Å². The third-order valence-corrected chi connectivity index (χ3v) is 6.96. The second-order valence-corrected chi connectivity index (χ2v) is 9.47. The number of amides is 1. The van der Waals surface area contributed by atoms with E-state index in [-0.39, 0.29) is 25.0 Å². The Morgan fingerprint density at radius 1 is 0.868 bits per heavy atom. The molecule has 1 unspecified atom stereocenters. The lowest BCUT2D eigenvalue weighted by Crippen LogP contribution is -2.42. The smallest absolute Gasteiger partial charge is 0.326 e. The zero-order valence-corrected chi connectivity index (χ0v) is 22.6. The molecule has 3 aromatic rings. The van der Waals surface area contributed by atoms with Crippen LogP contribution < -0.4 is 9.50 Å². The fourth-order valence-corrected chi connectivity index (χ4v) is 4.62. The Hall–Kier alpha value is -3.62. The van der Waals surface area contributed by atoms with Crippen LogP contribution in [0.25, 0.3) is 11.1 Å². The summed E-state index contributed by atoms with van der Waals surface area (Å²) in [6.07, 6.45) is 0.0441. The average Bonchev–Trinajstić information content (AvgIpc) is 2.95. The molecule has 0 fully saturated rings. The number of carboxylic acid groups (broad SMARTS) is 1. The van der Waals surface area contributed by atoms with Crippen LogP contribution in [0.3, 0.4) is 0 Å². The summed E-state index contributed by atoms with van der Waals surface area (Å²) < 4.78 is 5.69. The van der Waals surface area contributed by atoms with E-state index in [2.05, 4.69) is 24.1 Å².